The standard InChI is InChI=1S/C14H29NO2/c1-3-4-9-17-10-8-15-14(12-16)7-5-6-13(2)11-14/h13,15-16H,3-12H2,1-2H3. The van der Waals surface area contributed by atoms with Crippen LogP contribution in [0.25, 0.3) is 0 Å². The molecule has 0 aromatic rings. The van der Waals surface area contributed by atoms with Crippen LogP contribution in [0.4, 0.5) is 0 Å². The van der Waals surface area contributed by atoms with Crippen LogP contribution in [-0.4, -0.2) is 37.0 Å². The van der Waals surface area contributed by atoms with E-state index in [1.165, 1.54) is 19.3 Å². The number of aliphatic hydroxyl groups is 1. The third kappa shape index (κ3) is 5.36. The summed E-state index contributed by atoms with van der Waals surface area (Å²) in [6.45, 7) is 7.19. The maximum atomic E-state index is 9.60. The van der Waals surface area contributed by atoms with Crippen LogP contribution in [0.5, 0.6) is 0 Å². The zero-order valence-corrected chi connectivity index (χ0v) is 11.5. The molecule has 1 aliphatic rings. The summed E-state index contributed by atoms with van der Waals surface area (Å²) in [6.07, 6.45) is 7.05. The minimum atomic E-state index is -0.0359. The van der Waals surface area contributed by atoms with Gasteiger partial charge in [-0.1, -0.05) is 33.1 Å². The predicted octanol–water partition coefficient (Wildman–Crippen LogP) is 2.33. The third-order valence-corrected chi connectivity index (χ3v) is 3.78. The van der Waals surface area contributed by atoms with Gasteiger partial charge in [0.1, 0.15) is 0 Å². The van der Waals surface area contributed by atoms with E-state index in [4.69, 9.17) is 4.74 Å². The fourth-order valence-electron chi connectivity index (χ4n) is 2.76. The van der Waals surface area contributed by atoms with Gasteiger partial charge in [0.2, 0.25) is 0 Å². The molecule has 0 aromatic carbocycles. The average Bonchev–Trinajstić information content (AvgIpc) is 2.34. The Bertz CT molecular complexity index is 199. The second-order valence-electron chi connectivity index (χ2n) is 5.53. The molecule has 1 saturated carbocycles. The summed E-state index contributed by atoms with van der Waals surface area (Å²) in [5.74, 6) is 0.726. The fraction of sp³-hybridized carbons (Fsp3) is 1.00. The van der Waals surface area contributed by atoms with Crippen molar-refractivity contribution in [2.75, 3.05) is 26.4 Å². The predicted molar refractivity (Wildman–Crippen MR) is 71.2 cm³/mol. The highest BCUT2D eigenvalue weighted by Gasteiger charge is 2.33. The Morgan fingerprint density at radius 1 is 1.41 bits per heavy atom. The molecular weight excluding hydrogens is 214 g/mol. The number of hydrogen-bond donors (Lipinski definition) is 2. The van der Waals surface area contributed by atoms with Crippen molar-refractivity contribution in [3.8, 4) is 0 Å². The first kappa shape index (κ1) is 14.9. The van der Waals surface area contributed by atoms with Crippen LogP contribution in [-0.2, 0) is 4.74 Å². The van der Waals surface area contributed by atoms with Crippen LogP contribution in [0.1, 0.15) is 52.4 Å². The third-order valence-electron chi connectivity index (χ3n) is 3.78. The van der Waals surface area contributed by atoms with Crippen molar-refractivity contribution in [1.29, 1.82) is 0 Å². The highest BCUT2D eigenvalue weighted by Crippen LogP contribution is 2.31. The highest BCUT2D eigenvalue weighted by molar-refractivity contribution is 4.92. The summed E-state index contributed by atoms with van der Waals surface area (Å²) >= 11 is 0. The molecule has 3 heteroatoms. The minimum absolute atomic E-state index is 0.0359. The second-order valence-corrected chi connectivity index (χ2v) is 5.53. The summed E-state index contributed by atoms with van der Waals surface area (Å²) in [5, 5.41) is 13.1. The largest absolute Gasteiger partial charge is 0.394 e. The van der Waals surface area contributed by atoms with Crippen molar-refractivity contribution >= 4 is 0 Å². The van der Waals surface area contributed by atoms with E-state index in [2.05, 4.69) is 19.2 Å². The Balaban J connectivity index is 2.17. The molecule has 0 aliphatic heterocycles. The van der Waals surface area contributed by atoms with Gasteiger partial charge in [-0.05, 0) is 25.2 Å². The van der Waals surface area contributed by atoms with Gasteiger partial charge in [-0.15, -0.1) is 0 Å². The molecule has 0 heterocycles. The molecule has 2 unspecified atom stereocenters. The Morgan fingerprint density at radius 2 is 2.24 bits per heavy atom. The van der Waals surface area contributed by atoms with Crippen LogP contribution in [0.3, 0.4) is 0 Å². The lowest BCUT2D eigenvalue weighted by atomic mass is 9.77. The van der Waals surface area contributed by atoms with E-state index in [0.29, 0.717) is 0 Å². The Labute approximate surface area is 106 Å². The molecule has 0 bridgehead atoms. The quantitative estimate of drug-likeness (QED) is 0.643. The van der Waals surface area contributed by atoms with Crippen molar-refractivity contribution in [1.82, 2.24) is 5.32 Å². The van der Waals surface area contributed by atoms with Gasteiger partial charge in [0.25, 0.3) is 0 Å². The maximum absolute atomic E-state index is 9.60. The normalized spacial score (nSPS) is 29.5. The first-order valence-electron chi connectivity index (χ1n) is 7.16. The van der Waals surface area contributed by atoms with Crippen molar-refractivity contribution in [3.63, 3.8) is 0 Å². The zero-order chi connectivity index (χ0) is 12.6. The van der Waals surface area contributed by atoms with Crippen molar-refractivity contribution < 1.29 is 9.84 Å². The van der Waals surface area contributed by atoms with Crippen LogP contribution < -0.4 is 5.32 Å². The monoisotopic (exact) mass is 243 g/mol. The summed E-state index contributed by atoms with van der Waals surface area (Å²) in [6, 6.07) is 0. The molecule has 3 nitrogen and oxygen atoms in total. The van der Waals surface area contributed by atoms with Gasteiger partial charge in [0, 0.05) is 18.7 Å². The molecular formula is C14H29NO2. The second kappa shape index (κ2) is 8.06. The van der Waals surface area contributed by atoms with Crippen molar-refractivity contribution in [2.45, 2.75) is 57.9 Å². The summed E-state index contributed by atoms with van der Waals surface area (Å²) in [5.41, 5.74) is -0.0359. The smallest absolute Gasteiger partial charge is 0.0613 e. The van der Waals surface area contributed by atoms with Crippen LogP contribution in [0.15, 0.2) is 0 Å². The van der Waals surface area contributed by atoms with E-state index in [-0.39, 0.29) is 12.1 Å². The lowest BCUT2D eigenvalue weighted by Gasteiger charge is -2.39. The summed E-state index contributed by atoms with van der Waals surface area (Å²) < 4.78 is 5.54. The molecule has 2 atom stereocenters. The van der Waals surface area contributed by atoms with Gasteiger partial charge < -0.3 is 15.2 Å². The van der Waals surface area contributed by atoms with Gasteiger partial charge in [-0.3, -0.25) is 0 Å². The van der Waals surface area contributed by atoms with Crippen molar-refractivity contribution in [2.24, 2.45) is 5.92 Å². The molecule has 1 aliphatic carbocycles. The molecule has 1 rings (SSSR count). The number of hydrogen-bond acceptors (Lipinski definition) is 3. The van der Waals surface area contributed by atoms with E-state index in [1.807, 2.05) is 0 Å². The van der Waals surface area contributed by atoms with Crippen LogP contribution >= 0.6 is 0 Å². The summed E-state index contributed by atoms with van der Waals surface area (Å²) in [4.78, 5) is 0. The van der Waals surface area contributed by atoms with Gasteiger partial charge in [0.05, 0.1) is 13.2 Å². The van der Waals surface area contributed by atoms with Crippen LogP contribution in [0, 0.1) is 5.92 Å². The molecule has 0 spiro atoms. The van der Waals surface area contributed by atoms with Gasteiger partial charge in [0.15, 0.2) is 0 Å². The number of aliphatic hydroxyl groups excluding tert-OH is 1. The molecule has 0 amide bonds. The molecule has 1 fully saturated rings. The SMILES string of the molecule is CCCCOCCNC1(CO)CCCC(C)C1. The molecule has 17 heavy (non-hydrogen) atoms. The first-order valence-corrected chi connectivity index (χ1v) is 7.16. The number of rotatable bonds is 8. The van der Waals surface area contributed by atoms with E-state index in [1.54, 1.807) is 0 Å². The van der Waals surface area contributed by atoms with Gasteiger partial charge in [-0.2, -0.15) is 0 Å². The summed E-state index contributed by atoms with van der Waals surface area (Å²) in [7, 11) is 0. The Morgan fingerprint density at radius 3 is 2.88 bits per heavy atom. The van der Waals surface area contributed by atoms with Crippen molar-refractivity contribution in [3.05, 3.63) is 0 Å². The van der Waals surface area contributed by atoms with Crippen LogP contribution in [0.2, 0.25) is 0 Å². The van der Waals surface area contributed by atoms with E-state index in [9.17, 15) is 5.11 Å². The van der Waals surface area contributed by atoms with Gasteiger partial charge in [-0.25, -0.2) is 0 Å². The zero-order valence-electron chi connectivity index (χ0n) is 11.5. The molecule has 102 valence electrons. The minimum Gasteiger partial charge on any atom is -0.394 e. The molecule has 0 radical (unpaired) electrons. The Hall–Kier alpha value is -0.120. The van der Waals surface area contributed by atoms with E-state index < -0.39 is 0 Å². The lowest BCUT2D eigenvalue weighted by molar-refractivity contribution is 0.0792. The van der Waals surface area contributed by atoms with E-state index >= 15 is 0 Å². The first-order chi connectivity index (χ1) is 8.22. The number of unbranched alkanes of at least 4 members (excludes halogenated alkanes) is 1. The lowest BCUT2D eigenvalue weighted by Crippen LogP contribution is -2.52. The molecule has 0 saturated heterocycles. The topological polar surface area (TPSA) is 41.5 Å². The Kier molecular flexibility index (Phi) is 7.09. The average molecular weight is 243 g/mol. The highest BCUT2D eigenvalue weighted by atomic mass is 16.5. The number of nitrogens with one attached hydrogen (secondary N) is 1. The van der Waals surface area contributed by atoms with E-state index in [0.717, 1.165) is 44.9 Å². The number of ether oxygens (including phenoxy) is 1. The van der Waals surface area contributed by atoms with Gasteiger partial charge >= 0.3 is 0 Å². The molecule has 2 N–H and O–H groups in total. The molecule has 0 aromatic heterocycles. The maximum Gasteiger partial charge on any atom is 0.0613 e. The fourth-order valence-corrected chi connectivity index (χ4v) is 2.76.